The molecule has 1 heterocycles. The van der Waals surface area contributed by atoms with Crippen molar-refractivity contribution in [1.29, 1.82) is 5.26 Å². The maximum atomic E-state index is 9.67. The number of anilines is 1. The Labute approximate surface area is 147 Å². The molecule has 3 rings (SSSR count). The molecule has 0 aliphatic carbocycles. The molecule has 2 aromatic carbocycles. The van der Waals surface area contributed by atoms with E-state index in [2.05, 4.69) is 16.4 Å². The van der Waals surface area contributed by atoms with Crippen molar-refractivity contribution in [1.82, 2.24) is 4.98 Å². The van der Waals surface area contributed by atoms with Crippen molar-refractivity contribution in [3.05, 3.63) is 77.6 Å². The molecule has 0 radical (unpaired) electrons. The number of rotatable bonds is 5. The third-order valence-electron chi connectivity index (χ3n) is 4.15. The average molecular weight is 329 g/mol. The summed E-state index contributed by atoms with van der Waals surface area (Å²) >= 11 is 0. The Hall–Kier alpha value is -3.32. The van der Waals surface area contributed by atoms with E-state index < -0.39 is 0 Å². The van der Waals surface area contributed by atoms with Gasteiger partial charge in [-0.3, -0.25) is 4.98 Å². The fraction of sp³-hybridized carbons (Fsp3) is 0.143. The molecule has 1 N–H and O–H groups in total. The number of hydrogen-bond donors (Lipinski definition) is 1. The quantitative estimate of drug-likeness (QED) is 0.746. The second-order valence-electron chi connectivity index (χ2n) is 5.68. The molecule has 124 valence electrons. The summed E-state index contributed by atoms with van der Waals surface area (Å²) in [4.78, 5) is 4.58. The Balaban J connectivity index is 1.92. The molecule has 0 saturated carbocycles. The molecule has 0 spiro atoms. The number of nitriles is 1. The first-order valence-corrected chi connectivity index (χ1v) is 8.05. The van der Waals surface area contributed by atoms with Gasteiger partial charge in [-0.15, -0.1) is 0 Å². The van der Waals surface area contributed by atoms with Crippen molar-refractivity contribution in [3.63, 3.8) is 0 Å². The van der Waals surface area contributed by atoms with E-state index in [4.69, 9.17) is 4.74 Å². The van der Waals surface area contributed by atoms with Gasteiger partial charge in [-0.25, -0.2) is 0 Å². The van der Waals surface area contributed by atoms with Crippen molar-refractivity contribution >= 4 is 5.69 Å². The zero-order valence-electron chi connectivity index (χ0n) is 14.3. The number of hydrogen-bond acceptors (Lipinski definition) is 4. The van der Waals surface area contributed by atoms with E-state index in [0.29, 0.717) is 12.1 Å². The van der Waals surface area contributed by atoms with Crippen molar-refractivity contribution in [2.45, 2.75) is 13.5 Å². The topological polar surface area (TPSA) is 57.9 Å². The molecule has 0 unspecified atom stereocenters. The second-order valence-corrected chi connectivity index (χ2v) is 5.68. The Kier molecular flexibility index (Phi) is 4.96. The molecule has 25 heavy (non-hydrogen) atoms. The Bertz CT molecular complexity index is 914. The highest BCUT2D eigenvalue weighted by molar-refractivity contribution is 5.72. The normalized spacial score (nSPS) is 10.1. The first-order valence-electron chi connectivity index (χ1n) is 8.05. The molecule has 1 aromatic heterocycles. The van der Waals surface area contributed by atoms with Gasteiger partial charge in [-0.2, -0.15) is 5.26 Å². The van der Waals surface area contributed by atoms with E-state index in [-0.39, 0.29) is 0 Å². The van der Waals surface area contributed by atoms with Crippen LogP contribution < -0.4 is 10.1 Å². The van der Waals surface area contributed by atoms with Crippen molar-refractivity contribution in [2.24, 2.45) is 0 Å². The van der Waals surface area contributed by atoms with E-state index in [1.807, 2.05) is 61.5 Å². The number of nitrogens with one attached hydrogen (secondary N) is 1. The summed E-state index contributed by atoms with van der Waals surface area (Å²) in [5.41, 5.74) is 5.18. The van der Waals surface area contributed by atoms with Crippen LogP contribution in [0.5, 0.6) is 5.75 Å². The van der Waals surface area contributed by atoms with E-state index in [1.165, 1.54) is 0 Å². The van der Waals surface area contributed by atoms with Crippen LogP contribution in [0.1, 0.15) is 16.8 Å². The summed E-state index contributed by atoms with van der Waals surface area (Å²) < 4.78 is 5.28. The van der Waals surface area contributed by atoms with Crippen LogP contribution in [0.15, 0.2) is 60.8 Å². The first-order chi connectivity index (χ1) is 12.2. The van der Waals surface area contributed by atoms with Gasteiger partial charge in [-0.05, 0) is 42.3 Å². The summed E-state index contributed by atoms with van der Waals surface area (Å²) in [5.74, 6) is 0.758. The minimum absolute atomic E-state index is 0.572. The van der Waals surface area contributed by atoms with Gasteiger partial charge < -0.3 is 10.1 Å². The standard InChI is InChI=1S/C21H19N3O/c1-15-19(12-22)20(16-7-6-10-18(11-16)25-2)13-24-21(15)14-23-17-8-4-3-5-9-17/h3-11,13,23H,14H2,1-2H3. The lowest BCUT2D eigenvalue weighted by atomic mass is 9.97. The number of pyridine rings is 1. The lowest BCUT2D eigenvalue weighted by Crippen LogP contribution is -2.06. The molecular weight excluding hydrogens is 310 g/mol. The lowest BCUT2D eigenvalue weighted by molar-refractivity contribution is 0.415. The van der Waals surface area contributed by atoms with Crippen LogP contribution in [0.4, 0.5) is 5.69 Å². The number of aromatic nitrogens is 1. The maximum absolute atomic E-state index is 9.67. The van der Waals surface area contributed by atoms with Gasteiger partial charge in [0, 0.05) is 17.4 Å². The van der Waals surface area contributed by atoms with Gasteiger partial charge in [-0.1, -0.05) is 30.3 Å². The fourth-order valence-electron chi connectivity index (χ4n) is 2.72. The van der Waals surface area contributed by atoms with Crippen LogP contribution in [-0.2, 0) is 6.54 Å². The van der Waals surface area contributed by atoms with Crippen LogP contribution in [0.2, 0.25) is 0 Å². The molecule has 0 fully saturated rings. The number of ether oxygens (including phenoxy) is 1. The van der Waals surface area contributed by atoms with E-state index in [9.17, 15) is 5.26 Å². The molecule has 4 heteroatoms. The van der Waals surface area contributed by atoms with Crippen LogP contribution in [0.3, 0.4) is 0 Å². The van der Waals surface area contributed by atoms with E-state index in [1.54, 1.807) is 13.3 Å². The van der Waals surface area contributed by atoms with Crippen molar-refractivity contribution < 1.29 is 4.74 Å². The van der Waals surface area contributed by atoms with Gasteiger partial charge in [0.15, 0.2) is 0 Å². The van der Waals surface area contributed by atoms with Crippen LogP contribution in [0, 0.1) is 18.3 Å². The summed E-state index contributed by atoms with van der Waals surface area (Å²) in [6, 6.07) is 20.0. The number of nitrogens with zero attached hydrogens (tertiary/aromatic N) is 2. The molecular formula is C21H19N3O. The lowest BCUT2D eigenvalue weighted by Gasteiger charge is -2.13. The molecule has 4 nitrogen and oxygen atoms in total. The monoisotopic (exact) mass is 329 g/mol. The van der Waals surface area contributed by atoms with Crippen LogP contribution in [0.25, 0.3) is 11.1 Å². The van der Waals surface area contributed by atoms with E-state index >= 15 is 0 Å². The zero-order valence-corrected chi connectivity index (χ0v) is 14.3. The van der Waals surface area contributed by atoms with Gasteiger partial charge >= 0.3 is 0 Å². The fourth-order valence-corrected chi connectivity index (χ4v) is 2.72. The van der Waals surface area contributed by atoms with Gasteiger partial charge in [0.25, 0.3) is 0 Å². The van der Waals surface area contributed by atoms with Crippen molar-refractivity contribution in [3.8, 4) is 22.9 Å². The van der Waals surface area contributed by atoms with Crippen LogP contribution in [-0.4, -0.2) is 12.1 Å². The highest BCUT2D eigenvalue weighted by atomic mass is 16.5. The smallest absolute Gasteiger partial charge is 0.119 e. The Morgan fingerprint density at radius 1 is 1.12 bits per heavy atom. The van der Waals surface area contributed by atoms with Gasteiger partial charge in [0.05, 0.1) is 24.9 Å². The zero-order chi connectivity index (χ0) is 17.6. The largest absolute Gasteiger partial charge is 0.497 e. The van der Waals surface area contributed by atoms with Crippen molar-refractivity contribution in [2.75, 3.05) is 12.4 Å². The van der Waals surface area contributed by atoms with Gasteiger partial charge in [0.1, 0.15) is 11.8 Å². The highest BCUT2D eigenvalue weighted by Crippen LogP contribution is 2.29. The summed E-state index contributed by atoms with van der Waals surface area (Å²) in [7, 11) is 1.63. The number of methoxy groups -OCH3 is 1. The second kappa shape index (κ2) is 7.50. The Morgan fingerprint density at radius 2 is 1.92 bits per heavy atom. The summed E-state index contributed by atoms with van der Waals surface area (Å²) in [6.07, 6.45) is 1.77. The third kappa shape index (κ3) is 3.61. The molecule has 0 atom stereocenters. The third-order valence-corrected chi connectivity index (χ3v) is 4.15. The van der Waals surface area contributed by atoms with Crippen LogP contribution >= 0.6 is 0 Å². The SMILES string of the molecule is COc1cccc(-c2cnc(CNc3ccccc3)c(C)c2C#N)c1. The minimum atomic E-state index is 0.572. The highest BCUT2D eigenvalue weighted by Gasteiger charge is 2.13. The minimum Gasteiger partial charge on any atom is -0.497 e. The maximum Gasteiger partial charge on any atom is 0.119 e. The molecule has 0 saturated heterocycles. The number of benzene rings is 2. The molecule has 0 aliphatic heterocycles. The first kappa shape index (κ1) is 16.5. The molecule has 3 aromatic rings. The summed E-state index contributed by atoms with van der Waals surface area (Å²) in [6.45, 7) is 2.51. The Morgan fingerprint density at radius 3 is 2.64 bits per heavy atom. The molecule has 0 amide bonds. The predicted molar refractivity (Wildman–Crippen MR) is 99.4 cm³/mol. The van der Waals surface area contributed by atoms with E-state index in [0.717, 1.165) is 33.8 Å². The molecule has 0 aliphatic rings. The van der Waals surface area contributed by atoms with Gasteiger partial charge in [0.2, 0.25) is 0 Å². The number of para-hydroxylation sites is 1. The predicted octanol–water partition coefficient (Wildman–Crippen LogP) is 4.55. The molecule has 0 bridgehead atoms. The average Bonchev–Trinajstić information content (AvgIpc) is 2.67. The summed E-state index contributed by atoms with van der Waals surface area (Å²) in [5, 5.41) is 13.0.